The van der Waals surface area contributed by atoms with Gasteiger partial charge in [-0.15, -0.1) is 12.4 Å². The van der Waals surface area contributed by atoms with Crippen molar-refractivity contribution in [1.82, 2.24) is 25.0 Å². The predicted octanol–water partition coefficient (Wildman–Crippen LogP) is 2.55. The van der Waals surface area contributed by atoms with Crippen molar-refractivity contribution in [2.45, 2.75) is 39.3 Å². The van der Waals surface area contributed by atoms with Crippen LogP contribution in [0.5, 0.6) is 0 Å². The fourth-order valence-electron chi connectivity index (χ4n) is 3.27. The summed E-state index contributed by atoms with van der Waals surface area (Å²) in [6.07, 6.45) is 5.29. The molecule has 25 heavy (non-hydrogen) atoms. The molecule has 1 fully saturated rings. The van der Waals surface area contributed by atoms with E-state index >= 15 is 0 Å². The van der Waals surface area contributed by atoms with Gasteiger partial charge in [-0.3, -0.25) is 14.5 Å². The van der Waals surface area contributed by atoms with E-state index in [0.29, 0.717) is 12.1 Å². The molecule has 1 atom stereocenters. The lowest BCUT2D eigenvalue weighted by molar-refractivity contribution is 0.0633. The fourth-order valence-corrected chi connectivity index (χ4v) is 3.27. The molecule has 0 radical (unpaired) electrons. The van der Waals surface area contributed by atoms with Crippen LogP contribution in [0.3, 0.4) is 0 Å². The highest BCUT2D eigenvalue weighted by Crippen LogP contribution is 2.26. The minimum absolute atomic E-state index is 0. The van der Waals surface area contributed by atoms with Crippen molar-refractivity contribution in [1.29, 1.82) is 0 Å². The molecule has 0 spiro atoms. The molecule has 3 heterocycles. The van der Waals surface area contributed by atoms with E-state index in [4.69, 9.17) is 0 Å². The second-order valence-electron chi connectivity index (χ2n) is 7.23. The maximum absolute atomic E-state index is 13.2. The Morgan fingerprint density at radius 3 is 2.68 bits per heavy atom. The standard InChI is InChI=1S/C18H25N5O.ClH/c1-13-15(11-21-23(13)18(2,3)4)17(24)22-9-8-20-12-16(22)14-6-5-7-19-10-14;/h5-7,10-11,16,20H,8-9,12H2,1-4H3;1H. The second-order valence-corrected chi connectivity index (χ2v) is 7.23. The highest BCUT2D eigenvalue weighted by Gasteiger charge is 2.31. The molecule has 7 heteroatoms. The van der Waals surface area contributed by atoms with Gasteiger partial charge in [-0.05, 0) is 39.3 Å². The molecule has 1 saturated heterocycles. The van der Waals surface area contributed by atoms with Gasteiger partial charge in [0.1, 0.15) is 0 Å². The van der Waals surface area contributed by atoms with Crippen LogP contribution in [-0.4, -0.2) is 45.2 Å². The summed E-state index contributed by atoms with van der Waals surface area (Å²) in [7, 11) is 0. The minimum atomic E-state index is -0.144. The molecule has 6 nitrogen and oxygen atoms in total. The van der Waals surface area contributed by atoms with E-state index in [1.165, 1.54) is 0 Å². The lowest BCUT2D eigenvalue weighted by Gasteiger charge is -2.36. The maximum Gasteiger partial charge on any atom is 0.257 e. The number of aromatic nitrogens is 3. The molecule has 3 rings (SSSR count). The molecular weight excluding hydrogens is 338 g/mol. The Bertz CT molecular complexity index is 723. The van der Waals surface area contributed by atoms with Gasteiger partial charge in [-0.1, -0.05) is 6.07 Å². The molecule has 1 unspecified atom stereocenters. The first kappa shape index (κ1) is 19.4. The van der Waals surface area contributed by atoms with E-state index in [1.54, 1.807) is 12.4 Å². The van der Waals surface area contributed by atoms with E-state index in [-0.39, 0.29) is 29.9 Å². The zero-order chi connectivity index (χ0) is 17.3. The van der Waals surface area contributed by atoms with Crippen molar-refractivity contribution in [3.8, 4) is 0 Å². The Labute approximate surface area is 155 Å². The number of hydrogen-bond donors (Lipinski definition) is 1. The molecule has 136 valence electrons. The Morgan fingerprint density at radius 1 is 1.32 bits per heavy atom. The van der Waals surface area contributed by atoms with Gasteiger partial charge in [0.15, 0.2) is 0 Å². The highest BCUT2D eigenvalue weighted by atomic mass is 35.5. The number of carbonyl (C=O) groups is 1. The Balaban J connectivity index is 0.00000225. The zero-order valence-electron chi connectivity index (χ0n) is 15.2. The zero-order valence-corrected chi connectivity index (χ0v) is 16.0. The Kier molecular flexibility index (Phi) is 5.85. The summed E-state index contributed by atoms with van der Waals surface area (Å²) in [6, 6.07) is 3.93. The number of rotatable bonds is 2. The third-order valence-electron chi connectivity index (χ3n) is 4.45. The van der Waals surface area contributed by atoms with Crippen LogP contribution in [0.2, 0.25) is 0 Å². The Hall–Kier alpha value is -1.92. The van der Waals surface area contributed by atoms with Crippen LogP contribution in [0.25, 0.3) is 0 Å². The van der Waals surface area contributed by atoms with Crippen LogP contribution in [0.15, 0.2) is 30.7 Å². The van der Waals surface area contributed by atoms with E-state index < -0.39 is 0 Å². The third kappa shape index (κ3) is 3.85. The molecule has 2 aromatic heterocycles. The number of halogens is 1. The van der Waals surface area contributed by atoms with Crippen LogP contribution in [0.4, 0.5) is 0 Å². The van der Waals surface area contributed by atoms with Crippen molar-refractivity contribution < 1.29 is 4.79 Å². The average molecular weight is 364 g/mol. The SMILES string of the molecule is Cc1c(C(=O)N2CCNCC2c2cccnc2)cnn1C(C)(C)C.Cl. The molecule has 0 saturated carbocycles. The minimum Gasteiger partial charge on any atom is -0.329 e. The van der Waals surface area contributed by atoms with Crippen LogP contribution in [0.1, 0.15) is 48.4 Å². The number of carbonyl (C=O) groups excluding carboxylic acids is 1. The van der Waals surface area contributed by atoms with Crippen molar-refractivity contribution in [3.05, 3.63) is 47.5 Å². The van der Waals surface area contributed by atoms with Crippen molar-refractivity contribution in [2.75, 3.05) is 19.6 Å². The van der Waals surface area contributed by atoms with E-state index in [0.717, 1.165) is 24.3 Å². The summed E-state index contributed by atoms with van der Waals surface area (Å²) in [6.45, 7) is 10.4. The molecule has 0 aliphatic carbocycles. The Morgan fingerprint density at radius 2 is 2.08 bits per heavy atom. The number of hydrogen-bond acceptors (Lipinski definition) is 4. The van der Waals surface area contributed by atoms with Crippen LogP contribution >= 0.6 is 12.4 Å². The second kappa shape index (κ2) is 7.54. The van der Waals surface area contributed by atoms with Crippen LogP contribution in [0, 0.1) is 6.92 Å². The molecule has 1 aliphatic rings. The molecular formula is C18H26ClN5O. The topological polar surface area (TPSA) is 63.1 Å². The van der Waals surface area contributed by atoms with Crippen molar-refractivity contribution in [2.24, 2.45) is 0 Å². The largest absolute Gasteiger partial charge is 0.329 e. The van der Waals surface area contributed by atoms with Crippen LogP contribution in [-0.2, 0) is 5.54 Å². The van der Waals surface area contributed by atoms with Gasteiger partial charge in [0.25, 0.3) is 5.91 Å². The summed E-state index contributed by atoms with van der Waals surface area (Å²) >= 11 is 0. The lowest BCUT2D eigenvalue weighted by atomic mass is 10.0. The third-order valence-corrected chi connectivity index (χ3v) is 4.45. The smallest absolute Gasteiger partial charge is 0.257 e. The number of pyridine rings is 1. The van der Waals surface area contributed by atoms with Gasteiger partial charge in [-0.2, -0.15) is 5.10 Å². The average Bonchev–Trinajstić information content (AvgIpc) is 2.97. The van der Waals surface area contributed by atoms with E-state index in [9.17, 15) is 4.79 Å². The van der Waals surface area contributed by atoms with Gasteiger partial charge in [0.05, 0.1) is 23.3 Å². The van der Waals surface area contributed by atoms with Gasteiger partial charge in [-0.25, -0.2) is 0 Å². The predicted molar refractivity (Wildman–Crippen MR) is 100 cm³/mol. The number of amides is 1. The summed E-state index contributed by atoms with van der Waals surface area (Å²) in [5.41, 5.74) is 2.50. The molecule has 1 aliphatic heterocycles. The molecule has 2 aromatic rings. The van der Waals surface area contributed by atoms with Gasteiger partial charge >= 0.3 is 0 Å². The van der Waals surface area contributed by atoms with E-state index in [1.807, 2.05) is 34.8 Å². The molecule has 0 bridgehead atoms. The number of nitrogens with one attached hydrogen (secondary N) is 1. The lowest BCUT2D eigenvalue weighted by Crippen LogP contribution is -2.48. The normalized spacial score (nSPS) is 17.9. The molecule has 0 aromatic carbocycles. The number of nitrogens with zero attached hydrogens (tertiary/aromatic N) is 4. The molecule has 1 amide bonds. The maximum atomic E-state index is 13.2. The van der Waals surface area contributed by atoms with Crippen molar-refractivity contribution >= 4 is 18.3 Å². The van der Waals surface area contributed by atoms with Gasteiger partial charge < -0.3 is 10.2 Å². The summed E-state index contributed by atoms with van der Waals surface area (Å²) < 4.78 is 1.92. The fraction of sp³-hybridized carbons (Fsp3) is 0.500. The first-order valence-electron chi connectivity index (χ1n) is 8.36. The summed E-state index contributed by atoms with van der Waals surface area (Å²) in [4.78, 5) is 19.3. The summed E-state index contributed by atoms with van der Waals surface area (Å²) in [5.74, 6) is 0.0401. The van der Waals surface area contributed by atoms with E-state index in [2.05, 4.69) is 36.2 Å². The number of piperazine rings is 1. The first-order chi connectivity index (χ1) is 11.4. The van der Waals surface area contributed by atoms with Crippen LogP contribution < -0.4 is 5.32 Å². The molecule has 1 N–H and O–H groups in total. The highest BCUT2D eigenvalue weighted by molar-refractivity contribution is 5.95. The van der Waals surface area contributed by atoms with Gasteiger partial charge in [0, 0.05) is 37.7 Å². The first-order valence-corrected chi connectivity index (χ1v) is 8.36. The quantitative estimate of drug-likeness (QED) is 0.890. The van der Waals surface area contributed by atoms with Gasteiger partial charge in [0.2, 0.25) is 0 Å². The summed E-state index contributed by atoms with van der Waals surface area (Å²) in [5, 5.41) is 7.81. The monoisotopic (exact) mass is 363 g/mol. The van der Waals surface area contributed by atoms with Crippen molar-refractivity contribution in [3.63, 3.8) is 0 Å².